The van der Waals surface area contributed by atoms with Crippen LogP contribution in [0.25, 0.3) is 0 Å². The summed E-state index contributed by atoms with van der Waals surface area (Å²) in [5, 5.41) is 7.72. The Balaban J connectivity index is 2.01. The summed E-state index contributed by atoms with van der Waals surface area (Å²) in [6, 6.07) is 0.364. The van der Waals surface area contributed by atoms with Crippen LogP contribution in [0.1, 0.15) is 70.0 Å². The molecule has 0 bridgehead atoms. The molecule has 0 aliphatic carbocycles. The zero-order chi connectivity index (χ0) is 14.4. The van der Waals surface area contributed by atoms with Crippen molar-refractivity contribution in [2.24, 2.45) is 0 Å². The van der Waals surface area contributed by atoms with Crippen molar-refractivity contribution in [3.05, 3.63) is 11.7 Å². The van der Waals surface area contributed by atoms with Crippen molar-refractivity contribution in [3.8, 4) is 0 Å². The maximum absolute atomic E-state index is 5.53. The van der Waals surface area contributed by atoms with Crippen LogP contribution >= 0.6 is 0 Å². The Hall–Kier alpha value is -0.940. The van der Waals surface area contributed by atoms with Crippen LogP contribution in [-0.2, 0) is 4.74 Å². The Morgan fingerprint density at radius 2 is 2.05 bits per heavy atom. The standard InChI is InChI=1S/C15H27N3O2/c1-4-8-16-11(3)13(5-2)15-17-14(18-20-15)12-6-9-19-10-7-12/h11-13,16H,4-10H2,1-3H3. The van der Waals surface area contributed by atoms with Gasteiger partial charge in [0.05, 0.1) is 5.92 Å². The summed E-state index contributed by atoms with van der Waals surface area (Å²) in [5.74, 6) is 2.34. The first-order chi connectivity index (χ1) is 9.76. The summed E-state index contributed by atoms with van der Waals surface area (Å²) in [7, 11) is 0. The van der Waals surface area contributed by atoms with E-state index in [9.17, 15) is 0 Å². The number of rotatable bonds is 7. The summed E-state index contributed by atoms with van der Waals surface area (Å²) in [5.41, 5.74) is 0. The smallest absolute Gasteiger partial charge is 0.231 e. The van der Waals surface area contributed by atoms with Gasteiger partial charge in [0, 0.05) is 25.2 Å². The number of hydrogen-bond donors (Lipinski definition) is 1. The van der Waals surface area contributed by atoms with Crippen molar-refractivity contribution in [1.82, 2.24) is 15.5 Å². The van der Waals surface area contributed by atoms with E-state index in [4.69, 9.17) is 9.26 Å². The largest absolute Gasteiger partial charge is 0.381 e. The quantitative estimate of drug-likeness (QED) is 0.832. The molecule has 1 aromatic heterocycles. The highest BCUT2D eigenvalue weighted by Crippen LogP contribution is 2.28. The van der Waals surface area contributed by atoms with Gasteiger partial charge < -0.3 is 14.6 Å². The average molecular weight is 281 g/mol. The third kappa shape index (κ3) is 3.79. The van der Waals surface area contributed by atoms with Crippen molar-refractivity contribution in [2.45, 2.75) is 64.3 Å². The summed E-state index contributed by atoms with van der Waals surface area (Å²) in [6.45, 7) is 9.19. The van der Waals surface area contributed by atoms with E-state index in [0.29, 0.717) is 17.9 Å². The highest BCUT2D eigenvalue weighted by molar-refractivity contribution is 5.02. The Morgan fingerprint density at radius 1 is 1.30 bits per heavy atom. The molecule has 2 atom stereocenters. The van der Waals surface area contributed by atoms with E-state index in [1.54, 1.807) is 0 Å². The zero-order valence-corrected chi connectivity index (χ0v) is 12.9. The third-order valence-corrected chi connectivity index (χ3v) is 4.12. The molecular formula is C15H27N3O2. The van der Waals surface area contributed by atoms with Crippen LogP contribution in [0.5, 0.6) is 0 Å². The van der Waals surface area contributed by atoms with E-state index in [0.717, 1.165) is 57.2 Å². The first-order valence-corrected chi connectivity index (χ1v) is 7.90. The molecule has 0 spiro atoms. The fourth-order valence-electron chi connectivity index (χ4n) is 2.78. The minimum atomic E-state index is 0.294. The van der Waals surface area contributed by atoms with Gasteiger partial charge in [0.25, 0.3) is 0 Å². The highest BCUT2D eigenvalue weighted by Gasteiger charge is 2.26. The SMILES string of the molecule is CCCNC(C)C(CC)c1nc(C2CCOCC2)no1. The molecule has 1 aromatic rings. The van der Waals surface area contributed by atoms with Gasteiger partial charge in [-0.3, -0.25) is 0 Å². The number of nitrogens with zero attached hydrogens (tertiary/aromatic N) is 2. The first-order valence-electron chi connectivity index (χ1n) is 7.90. The fraction of sp³-hybridized carbons (Fsp3) is 0.867. The second kappa shape index (κ2) is 7.74. The second-order valence-corrected chi connectivity index (χ2v) is 5.64. The van der Waals surface area contributed by atoms with Crippen LogP contribution in [0.4, 0.5) is 0 Å². The van der Waals surface area contributed by atoms with E-state index >= 15 is 0 Å². The summed E-state index contributed by atoms with van der Waals surface area (Å²) in [6.07, 6.45) is 4.14. The molecule has 2 unspecified atom stereocenters. The van der Waals surface area contributed by atoms with Gasteiger partial charge in [-0.15, -0.1) is 0 Å². The molecule has 5 nitrogen and oxygen atoms in total. The molecule has 114 valence electrons. The van der Waals surface area contributed by atoms with Gasteiger partial charge in [-0.2, -0.15) is 4.98 Å². The van der Waals surface area contributed by atoms with Crippen LogP contribution < -0.4 is 5.32 Å². The molecule has 1 fully saturated rings. The van der Waals surface area contributed by atoms with Gasteiger partial charge >= 0.3 is 0 Å². The minimum absolute atomic E-state index is 0.294. The van der Waals surface area contributed by atoms with E-state index in [1.807, 2.05) is 0 Å². The molecule has 0 amide bonds. The number of nitrogens with one attached hydrogen (secondary N) is 1. The van der Waals surface area contributed by atoms with Crippen molar-refractivity contribution >= 4 is 0 Å². The molecule has 1 N–H and O–H groups in total. The van der Waals surface area contributed by atoms with Gasteiger partial charge in [0.15, 0.2) is 5.82 Å². The Bertz CT molecular complexity index is 388. The molecule has 2 rings (SSSR count). The van der Waals surface area contributed by atoms with Crippen molar-refractivity contribution in [3.63, 3.8) is 0 Å². The summed E-state index contributed by atoms with van der Waals surface area (Å²) >= 11 is 0. The van der Waals surface area contributed by atoms with E-state index in [2.05, 4.69) is 36.2 Å². The van der Waals surface area contributed by atoms with Crippen molar-refractivity contribution in [1.29, 1.82) is 0 Å². The first kappa shape index (κ1) is 15.4. The molecule has 20 heavy (non-hydrogen) atoms. The van der Waals surface area contributed by atoms with Gasteiger partial charge in [-0.05, 0) is 39.2 Å². The molecule has 2 heterocycles. The molecule has 0 radical (unpaired) electrons. The molecule has 1 aliphatic rings. The topological polar surface area (TPSA) is 60.2 Å². The predicted octanol–water partition coefficient (Wildman–Crippen LogP) is 2.85. The fourth-order valence-corrected chi connectivity index (χ4v) is 2.78. The second-order valence-electron chi connectivity index (χ2n) is 5.64. The molecular weight excluding hydrogens is 254 g/mol. The number of aromatic nitrogens is 2. The zero-order valence-electron chi connectivity index (χ0n) is 12.9. The monoisotopic (exact) mass is 281 g/mol. The Labute approximate surface area is 121 Å². The highest BCUT2D eigenvalue weighted by atomic mass is 16.5. The lowest BCUT2D eigenvalue weighted by Gasteiger charge is -2.20. The molecule has 1 saturated heterocycles. The van der Waals surface area contributed by atoms with Crippen LogP contribution in [0.2, 0.25) is 0 Å². The third-order valence-electron chi connectivity index (χ3n) is 4.12. The van der Waals surface area contributed by atoms with E-state index < -0.39 is 0 Å². The van der Waals surface area contributed by atoms with Gasteiger partial charge in [0.2, 0.25) is 5.89 Å². The van der Waals surface area contributed by atoms with Gasteiger partial charge in [-0.25, -0.2) is 0 Å². The molecule has 1 aliphatic heterocycles. The van der Waals surface area contributed by atoms with Gasteiger partial charge in [0.1, 0.15) is 0 Å². The van der Waals surface area contributed by atoms with Crippen LogP contribution in [-0.4, -0.2) is 35.9 Å². The van der Waals surface area contributed by atoms with E-state index in [-0.39, 0.29) is 0 Å². The minimum Gasteiger partial charge on any atom is -0.381 e. The maximum atomic E-state index is 5.53. The van der Waals surface area contributed by atoms with Gasteiger partial charge in [-0.1, -0.05) is 19.0 Å². The number of ether oxygens (including phenoxy) is 1. The van der Waals surface area contributed by atoms with Crippen LogP contribution in [0.3, 0.4) is 0 Å². The normalized spacial score (nSPS) is 19.9. The number of hydrogen-bond acceptors (Lipinski definition) is 5. The predicted molar refractivity (Wildman–Crippen MR) is 77.9 cm³/mol. The Kier molecular flexibility index (Phi) is 5.98. The van der Waals surface area contributed by atoms with E-state index in [1.165, 1.54) is 0 Å². The molecule has 5 heteroatoms. The lowest BCUT2D eigenvalue weighted by molar-refractivity contribution is 0.0830. The molecule has 0 aromatic carbocycles. The van der Waals surface area contributed by atoms with Crippen LogP contribution in [0.15, 0.2) is 4.52 Å². The lowest BCUT2D eigenvalue weighted by atomic mass is 9.97. The molecule has 0 saturated carbocycles. The lowest BCUT2D eigenvalue weighted by Crippen LogP contribution is -2.32. The van der Waals surface area contributed by atoms with Crippen molar-refractivity contribution in [2.75, 3.05) is 19.8 Å². The summed E-state index contributed by atoms with van der Waals surface area (Å²) in [4.78, 5) is 4.66. The van der Waals surface area contributed by atoms with Crippen LogP contribution in [0, 0.1) is 0 Å². The Morgan fingerprint density at radius 3 is 2.70 bits per heavy atom. The maximum Gasteiger partial charge on any atom is 0.231 e. The summed E-state index contributed by atoms with van der Waals surface area (Å²) < 4.78 is 10.9. The van der Waals surface area contributed by atoms with Crippen molar-refractivity contribution < 1.29 is 9.26 Å². The average Bonchev–Trinajstić information content (AvgIpc) is 2.96.